The Bertz CT molecular complexity index is 308. The number of carbonyl (C=O) groups excluding carboxylic acids is 1. The van der Waals surface area contributed by atoms with Gasteiger partial charge in [0.2, 0.25) is 0 Å². The Kier molecular flexibility index (Phi) is 1.68. The highest BCUT2D eigenvalue weighted by Crippen LogP contribution is 2.45. The fourth-order valence-corrected chi connectivity index (χ4v) is 1.49. The summed E-state index contributed by atoms with van der Waals surface area (Å²) in [6.07, 6.45) is 1.84. The molecule has 62 valence electrons. The average Bonchev–Trinajstić information content (AvgIpc) is 2.83. The van der Waals surface area contributed by atoms with E-state index in [1.165, 1.54) is 12.1 Å². The maximum Gasteiger partial charge on any atom is 0.123 e. The van der Waals surface area contributed by atoms with Crippen molar-refractivity contribution in [2.24, 2.45) is 5.92 Å². The molecule has 0 N–H and O–H groups in total. The summed E-state index contributed by atoms with van der Waals surface area (Å²) in [5.41, 5.74) is 0.951. The maximum absolute atomic E-state index is 12.7. The van der Waals surface area contributed by atoms with Gasteiger partial charge in [0, 0.05) is 5.92 Å². The van der Waals surface area contributed by atoms with Crippen LogP contribution in [0.4, 0.5) is 4.39 Å². The summed E-state index contributed by atoms with van der Waals surface area (Å²) in [7, 11) is 0. The molecule has 2 atom stereocenters. The summed E-state index contributed by atoms with van der Waals surface area (Å²) >= 11 is 0. The minimum Gasteiger partial charge on any atom is -0.303 e. The Hall–Kier alpha value is -1.18. The van der Waals surface area contributed by atoms with Crippen LogP contribution in [0.2, 0.25) is 0 Å². The Balaban J connectivity index is 2.19. The van der Waals surface area contributed by atoms with Crippen molar-refractivity contribution in [2.75, 3.05) is 0 Å². The maximum atomic E-state index is 12.7. The molecule has 1 aromatic rings. The second kappa shape index (κ2) is 2.70. The van der Waals surface area contributed by atoms with Crippen LogP contribution in [-0.2, 0) is 4.79 Å². The first-order valence-corrected chi connectivity index (χ1v) is 4.02. The van der Waals surface area contributed by atoms with Crippen LogP contribution in [-0.4, -0.2) is 6.29 Å². The lowest BCUT2D eigenvalue weighted by atomic mass is 10.1. The molecule has 1 saturated carbocycles. The Morgan fingerprint density at radius 2 is 2.33 bits per heavy atom. The van der Waals surface area contributed by atoms with Crippen molar-refractivity contribution < 1.29 is 9.18 Å². The number of benzene rings is 1. The predicted molar refractivity (Wildman–Crippen MR) is 43.3 cm³/mol. The molecule has 1 aliphatic carbocycles. The van der Waals surface area contributed by atoms with Crippen molar-refractivity contribution in [1.29, 1.82) is 0 Å². The molecule has 0 unspecified atom stereocenters. The molecule has 0 aliphatic heterocycles. The Morgan fingerprint density at radius 3 is 2.92 bits per heavy atom. The zero-order valence-electron chi connectivity index (χ0n) is 6.53. The molecule has 0 aromatic heterocycles. The molecule has 2 heteroatoms. The number of halogens is 1. The number of aldehydes is 1. The first-order valence-electron chi connectivity index (χ1n) is 4.02. The van der Waals surface area contributed by atoms with Gasteiger partial charge in [-0.15, -0.1) is 0 Å². The first kappa shape index (κ1) is 7.47. The van der Waals surface area contributed by atoms with Crippen LogP contribution in [0.3, 0.4) is 0 Å². The minimum absolute atomic E-state index is 0.131. The summed E-state index contributed by atoms with van der Waals surface area (Å²) in [4.78, 5) is 10.3. The quantitative estimate of drug-likeness (QED) is 0.612. The van der Waals surface area contributed by atoms with E-state index in [1.807, 2.05) is 6.07 Å². The van der Waals surface area contributed by atoms with Gasteiger partial charge in [-0.1, -0.05) is 12.1 Å². The predicted octanol–water partition coefficient (Wildman–Crippen LogP) is 2.13. The molecule has 1 fully saturated rings. The van der Waals surface area contributed by atoms with Gasteiger partial charge in [-0.3, -0.25) is 0 Å². The molecule has 0 amide bonds. The molecule has 1 aromatic carbocycles. The summed E-state index contributed by atoms with van der Waals surface area (Å²) in [5, 5.41) is 0. The minimum atomic E-state index is -0.218. The van der Waals surface area contributed by atoms with E-state index in [2.05, 4.69) is 0 Å². The molecule has 12 heavy (non-hydrogen) atoms. The van der Waals surface area contributed by atoms with E-state index in [0.29, 0.717) is 0 Å². The van der Waals surface area contributed by atoms with Gasteiger partial charge in [0.25, 0.3) is 0 Å². The molecular weight excluding hydrogens is 155 g/mol. The lowest BCUT2D eigenvalue weighted by Gasteiger charge is -1.96. The van der Waals surface area contributed by atoms with Gasteiger partial charge in [-0.25, -0.2) is 4.39 Å². The summed E-state index contributed by atoms with van der Waals surface area (Å²) < 4.78 is 12.7. The van der Waals surface area contributed by atoms with Gasteiger partial charge in [-0.05, 0) is 30.0 Å². The van der Waals surface area contributed by atoms with E-state index in [1.54, 1.807) is 6.07 Å². The van der Waals surface area contributed by atoms with Crippen molar-refractivity contribution in [3.05, 3.63) is 35.6 Å². The van der Waals surface area contributed by atoms with E-state index in [4.69, 9.17) is 0 Å². The van der Waals surface area contributed by atoms with Crippen LogP contribution in [0.25, 0.3) is 0 Å². The molecule has 1 aliphatic rings. The highest BCUT2D eigenvalue weighted by molar-refractivity contribution is 5.61. The molecule has 0 radical (unpaired) electrons. The van der Waals surface area contributed by atoms with E-state index in [-0.39, 0.29) is 17.7 Å². The fourth-order valence-electron chi connectivity index (χ4n) is 1.49. The SMILES string of the molecule is O=C[C@@H]1C[C@H]1c1cccc(F)c1. The van der Waals surface area contributed by atoms with Gasteiger partial charge in [0.15, 0.2) is 0 Å². The highest BCUT2D eigenvalue weighted by atomic mass is 19.1. The van der Waals surface area contributed by atoms with Crippen molar-refractivity contribution in [3.63, 3.8) is 0 Å². The van der Waals surface area contributed by atoms with E-state index < -0.39 is 0 Å². The largest absolute Gasteiger partial charge is 0.303 e. The van der Waals surface area contributed by atoms with Crippen LogP contribution in [0.15, 0.2) is 24.3 Å². The third-order valence-electron chi connectivity index (χ3n) is 2.29. The third-order valence-corrected chi connectivity index (χ3v) is 2.29. The smallest absolute Gasteiger partial charge is 0.123 e. The third kappa shape index (κ3) is 1.24. The molecule has 0 spiro atoms. The normalized spacial score (nSPS) is 26.8. The van der Waals surface area contributed by atoms with Crippen molar-refractivity contribution >= 4 is 6.29 Å². The zero-order valence-corrected chi connectivity index (χ0v) is 6.53. The Morgan fingerprint density at radius 1 is 1.50 bits per heavy atom. The van der Waals surface area contributed by atoms with E-state index in [9.17, 15) is 9.18 Å². The standard InChI is InChI=1S/C10H9FO/c11-9-3-1-2-7(4-9)10-5-8(10)6-12/h1-4,6,8,10H,5H2/t8-,10-/m0/s1. The van der Waals surface area contributed by atoms with Gasteiger partial charge < -0.3 is 4.79 Å². The summed E-state index contributed by atoms with van der Waals surface area (Å²) in [5.74, 6) is 0.189. The molecule has 0 saturated heterocycles. The number of hydrogen-bond donors (Lipinski definition) is 0. The lowest BCUT2D eigenvalue weighted by molar-refractivity contribution is -0.108. The number of carbonyl (C=O) groups is 1. The highest BCUT2D eigenvalue weighted by Gasteiger charge is 2.37. The van der Waals surface area contributed by atoms with Crippen LogP contribution in [0.5, 0.6) is 0 Å². The number of hydrogen-bond acceptors (Lipinski definition) is 1. The summed E-state index contributed by atoms with van der Waals surface area (Å²) in [6.45, 7) is 0. The molecule has 0 bridgehead atoms. The second-order valence-corrected chi connectivity index (χ2v) is 3.20. The lowest BCUT2D eigenvalue weighted by Crippen LogP contribution is -1.85. The molecule has 1 nitrogen and oxygen atoms in total. The van der Waals surface area contributed by atoms with Crippen molar-refractivity contribution in [3.8, 4) is 0 Å². The van der Waals surface area contributed by atoms with Crippen molar-refractivity contribution in [1.82, 2.24) is 0 Å². The van der Waals surface area contributed by atoms with Crippen LogP contribution < -0.4 is 0 Å². The Labute approximate surface area is 70.2 Å². The average molecular weight is 164 g/mol. The first-order chi connectivity index (χ1) is 5.81. The summed E-state index contributed by atoms with van der Waals surface area (Å²) in [6, 6.07) is 6.48. The molecular formula is C10H9FO. The fraction of sp³-hybridized carbons (Fsp3) is 0.300. The number of rotatable bonds is 2. The van der Waals surface area contributed by atoms with Gasteiger partial charge in [-0.2, -0.15) is 0 Å². The van der Waals surface area contributed by atoms with Crippen LogP contribution in [0, 0.1) is 11.7 Å². The van der Waals surface area contributed by atoms with Crippen LogP contribution >= 0.6 is 0 Å². The van der Waals surface area contributed by atoms with E-state index in [0.717, 1.165) is 18.3 Å². The second-order valence-electron chi connectivity index (χ2n) is 3.20. The van der Waals surface area contributed by atoms with Gasteiger partial charge in [0.05, 0.1) is 0 Å². The van der Waals surface area contributed by atoms with Crippen LogP contribution in [0.1, 0.15) is 17.9 Å². The topological polar surface area (TPSA) is 17.1 Å². The van der Waals surface area contributed by atoms with Crippen molar-refractivity contribution in [2.45, 2.75) is 12.3 Å². The monoisotopic (exact) mass is 164 g/mol. The van der Waals surface area contributed by atoms with Gasteiger partial charge >= 0.3 is 0 Å². The van der Waals surface area contributed by atoms with E-state index >= 15 is 0 Å². The zero-order chi connectivity index (χ0) is 8.55. The molecule has 0 heterocycles. The van der Waals surface area contributed by atoms with Gasteiger partial charge in [0.1, 0.15) is 12.1 Å². The molecule has 2 rings (SSSR count).